The molecule has 0 bridgehead atoms. The van der Waals surface area contributed by atoms with Crippen LogP contribution in [0.5, 0.6) is 0 Å². The maximum Gasteiger partial charge on any atom is 0.129 e. The molecule has 1 aromatic carbocycles. The van der Waals surface area contributed by atoms with Crippen LogP contribution in [0.1, 0.15) is 43.6 Å². The molecule has 1 aromatic rings. The summed E-state index contributed by atoms with van der Waals surface area (Å²) in [5.41, 5.74) is 0.693. The second kappa shape index (κ2) is 6.28. The summed E-state index contributed by atoms with van der Waals surface area (Å²) in [6.45, 7) is 0.904. The van der Waals surface area contributed by atoms with Crippen LogP contribution >= 0.6 is 0 Å². The lowest BCUT2D eigenvalue weighted by Crippen LogP contribution is -2.24. The van der Waals surface area contributed by atoms with Gasteiger partial charge >= 0.3 is 0 Å². The minimum Gasteiger partial charge on any atom is -0.319 e. The summed E-state index contributed by atoms with van der Waals surface area (Å²) >= 11 is 0. The summed E-state index contributed by atoms with van der Waals surface area (Å²) in [5, 5.41) is 3.20. The van der Waals surface area contributed by atoms with Crippen molar-refractivity contribution in [1.82, 2.24) is 5.32 Å². The Morgan fingerprint density at radius 3 is 2.67 bits per heavy atom. The maximum atomic E-state index is 13.9. The first-order valence-corrected chi connectivity index (χ1v) is 6.82. The third kappa shape index (κ3) is 3.08. The van der Waals surface area contributed by atoms with Gasteiger partial charge in [-0.2, -0.15) is 0 Å². The molecule has 1 fully saturated rings. The smallest absolute Gasteiger partial charge is 0.129 e. The van der Waals surface area contributed by atoms with Gasteiger partial charge in [-0.3, -0.25) is 0 Å². The van der Waals surface area contributed by atoms with Gasteiger partial charge in [-0.1, -0.05) is 25.3 Å². The van der Waals surface area contributed by atoms with E-state index in [1.54, 1.807) is 6.07 Å². The number of rotatable bonds is 3. The molecule has 1 aliphatic rings. The Morgan fingerprint density at radius 1 is 1.17 bits per heavy atom. The molecule has 0 radical (unpaired) electrons. The number of nitrogens with one attached hydrogen (secondary N) is 1. The first-order chi connectivity index (χ1) is 8.72. The molecule has 2 atom stereocenters. The van der Waals surface area contributed by atoms with Gasteiger partial charge in [0.15, 0.2) is 0 Å². The van der Waals surface area contributed by atoms with Gasteiger partial charge in [0.05, 0.1) is 0 Å². The summed E-state index contributed by atoms with van der Waals surface area (Å²) in [6.07, 6.45) is 5.71. The number of hydrogen-bond donors (Lipinski definition) is 1. The van der Waals surface area contributed by atoms with Gasteiger partial charge in [-0.25, -0.2) is 8.78 Å². The number of benzene rings is 1. The van der Waals surface area contributed by atoms with Crippen LogP contribution in [-0.4, -0.2) is 13.6 Å². The zero-order valence-electron chi connectivity index (χ0n) is 10.9. The van der Waals surface area contributed by atoms with Crippen LogP contribution in [0.3, 0.4) is 0 Å². The fourth-order valence-electron chi connectivity index (χ4n) is 3.10. The van der Waals surface area contributed by atoms with Crippen molar-refractivity contribution in [3.8, 4) is 0 Å². The van der Waals surface area contributed by atoms with Crippen LogP contribution in [0.2, 0.25) is 0 Å². The van der Waals surface area contributed by atoms with Crippen LogP contribution in [0.4, 0.5) is 8.78 Å². The molecule has 1 aliphatic carbocycles. The van der Waals surface area contributed by atoms with E-state index in [1.807, 2.05) is 7.05 Å². The maximum absolute atomic E-state index is 13.9. The molecule has 0 saturated heterocycles. The molecule has 0 aliphatic heterocycles. The van der Waals surface area contributed by atoms with E-state index >= 15 is 0 Å². The van der Waals surface area contributed by atoms with Crippen molar-refractivity contribution in [1.29, 1.82) is 0 Å². The van der Waals surface area contributed by atoms with E-state index < -0.39 is 5.82 Å². The van der Waals surface area contributed by atoms with Gasteiger partial charge in [0.25, 0.3) is 0 Å². The monoisotopic (exact) mass is 253 g/mol. The van der Waals surface area contributed by atoms with Crippen molar-refractivity contribution >= 4 is 0 Å². The lowest BCUT2D eigenvalue weighted by molar-refractivity contribution is 0.375. The third-order valence-electron chi connectivity index (χ3n) is 3.99. The normalized spacial score (nSPS) is 24.8. The molecular weight excluding hydrogens is 232 g/mol. The van der Waals surface area contributed by atoms with E-state index in [2.05, 4.69) is 5.32 Å². The zero-order chi connectivity index (χ0) is 13.0. The van der Waals surface area contributed by atoms with Crippen molar-refractivity contribution in [3.05, 3.63) is 35.4 Å². The Kier molecular flexibility index (Phi) is 4.70. The second-order valence-electron chi connectivity index (χ2n) is 5.23. The first kappa shape index (κ1) is 13.5. The standard InChI is InChI=1S/C15H21F2N/c1-18-10-11-5-3-2-4-6-13(11)14-8-7-12(16)9-15(14)17/h7-9,11,13,18H,2-6,10H2,1H3. The molecule has 1 N–H and O–H groups in total. The molecule has 2 unspecified atom stereocenters. The summed E-state index contributed by atoms with van der Waals surface area (Å²) < 4.78 is 26.9. The van der Waals surface area contributed by atoms with Crippen molar-refractivity contribution in [2.45, 2.75) is 38.0 Å². The average Bonchev–Trinajstić information content (AvgIpc) is 2.56. The third-order valence-corrected chi connectivity index (χ3v) is 3.99. The minimum atomic E-state index is -0.491. The topological polar surface area (TPSA) is 12.0 Å². The van der Waals surface area contributed by atoms with Gasteiger partial charge < -0.3 is 5.32 Å². The lowest BCUT2D eigenvalue weighted by atomic mass is 9.82. The highest BCUT2D eigenvalue weighted by Gasteiger charge is 2.26. The van der Waals surface area contributed by atoms with E-state index in [4.69, 9.17) is 0 Å². The van der Waals surface area contributed by atoms with Gasteiger partial charge in [0.2, 0.25) is 0 Å². The molecular formula is C15H21F2N. The Balaban J connectivity index is 2.25. The van der Waals surface area contributed by atoms with Crippen molar-refractivity contribution in [3.63, 3.8) is 0 Å². The van der Waals surface area contributed by atoms with Crippen LogP contribution in [0.25, 0.3) is 0 Å². The Morgan fingerprint density at radius 2 is 1.94 bits per heavy atom. The van der Waals surface area contributed by atoms with Crippen LogP contribution in [0.15, 0.2) is 18.2 Å². The average molecular weight is 253 g/mol. The number of hydrogen-bond acceptors (Lipinski definition) is 1. The molecule has 0 aromatic heterocycles. The van der Waals surface area contributed by atoms with Gasteiger partial charge in [0, 0.05) is 6.07 Å². The Bertz CT molecular complexity index is 392. The molecule has 1 saturated carbocycles. The van der Waals surface area contributed by atoms with E-state index in [1.165, 1.54) is 18.9 Å². The van der Waals surface area contributed by atoms with E-state index in [0.29, 0.717) is 11.5 Å². The van der Waals surface area contributed by atoms with Gasteiger partial charge in [-0.05, 0) is 49.9 Å². The molecule has 1 nitrogen and oxygen atoms in total. The summed E-state index contributed by atoms with van der Waals surface area (Å²) in [4.78, 5) is 0. The van der Waals surface area contributed by atoms with Crippen LogP contribution < -0.4 is 5.32 Å². The first-order valence-electron chi connectivity index (χ1n) is 6.82. The predicted molar refractivity (Wildman–Crippen MR) is 69.6 cm³/mol. The van der Waals surface area contributed by atoms with E-state index in [0.717, 1.165) is 31.9 Å². The summed E-state index contributed by atoms with van der Waals surface area (Å²) in [7, 11) is 1.93. The quantitative estimate of drug-likeness (QED) is 0.807. The molecule has 2 rings (SSSR count). The van der Waals surface area contributed by atoms with Gasteiger partial charge in [-0.15, -0.1) is 0 Å². The highest BCUT2D eigenvalue weighted by molar-refractivity contribution is 5.23. The SMILES string of the molecule is CNCC1CCCCCC1c1ccc(F)cc1F. The van der Waals surface area contributed by atoms with Crippen LogP contribution in [0, 0.1) is 17.6 Å². The molecule has 18 heavy (non-hydrogen) atoms. The van der Waals surface area contributed by atoms with E-state index in [9.17, 15) is 8.78 Å². The fourth-order valence-corrected chi connectivity index (χ4v) is 3.10. The highest BCUT2D eigenvalue weighted by Crippen LogP contribution is 2.37. The van der Waals surface area contributed by atoms with Crippen LogP contribution in [-0.2, 0) is 0 Å². The molecule has 0 amide bonds. The largest absolute Gasteiger partial charge is 0.319 e. The lowest BCUT2D eigenvalue weighted by Gasteiger charge is -2.25. The summed E-state index contributed by atoms with van der Waals surface area (Å²) in [6, 6.07) is 4.01. The highest BCUT2D eigenvalue weighted by atomic mass is 19.1. The molecule has 3 heteroatoms. The second-order valence-corrected chi connectivity index (χ2v) is 5.23. The van der Waals surface area contributed by atoms with Gasteiger partial charge in [0.1, 0.15) is 11.6 Å². The predicted octanol–water partition coefficient (Wildman–Crippen LogP) is 3.85. The minimum absolute atomic E-state index is 0.223. The van der Waals surface area contributed by atoms with E-state index in [-0.39, 0.29) is 11.7 Å². The summed E-state index contributed by atoms with van der Waals surface area (Å²) in [5.74, 6) is -0.198. The zero-order valence-corrected chi connectivity index (χ0v) is 10.9. The molecule has 100 valence electrons. The molecule has 0 spiro atoms. The molecule has 0 heterocycles. The van der Waals surface area contributed by atoms with Crippen molar-refractivity contribution in [2.75, 3.05) is 13.6 Å². The Hall–Kier alpha value is -0.960. The van der Waals surface area contributed by atoms with Crippen molar-refractivity contribution in [2.24, 2.45) is 5.92 Å². The number of halogens is 2. The Labute approximate surface area is 108 Å². The van der Waals surface area contributed by atoms with Crippen molar-refractivity contribution < 1.29 is 8.78 Å². The fraction of sp³-hybridized carbons (Fsp3) is 0.600.